The lowest BCUT2D eigenvalue weighted by atomic mass is 10.0. The first-order valence-corrected chi connectivity index (χ1v) is 9.57. The molecule has 0 aliphatic heterocycles. The number of hydrogen-bond acceptors (Lipinski definition) is 3. The van der Waals surface area contributed by atoms with Crippen LogP contribution < -0.4 is 10.0 Å². The second-order valence-electron chi connectivity index (χ2n) is 6.15. The molecule has 21 heavy (non-hydrogen) atoms. The van der Waals surface area contributed by atoms with Gasteiger partial charge in [0.25, 0.3) is 0 Å². The smallest absolute Gasteiger partial charge is 0.242 e. The minimum Gasteiger partial charge on any atom is -0.313 e. The van der Waals surface area contributed by atoms with Crippen molar-refractivity contribution in [3.63, 3.8) is 0 Å². The van der Waals surface area contributed by atoms with Crippen LogP contribution in [0.3, 0.4) is 0 Å². The van der Waals surface area contributed by atoms with Crippen molar-refractivity contribution >= 4 is 26.0 Å². The Morgan fingerprint density at radius 2 is 2.00 bits per heavy atom. The van der Waals surface area contributed by atoms with Crippen molar-refractivity contribution in [2.75, 3.05) is 6.54 Å². The summed E-state index contributed by atoms with van der Waals surface area (Å²) in [6.07, 6.45) is 2.19. The van der Waals surface area contributed by atoms with Crippen LogP contribution in [0.5, 0.6) is 0 Å². The van der Waals surface area contributed by atoms with Crippen LogP contribution in [0.25, 0.3) is 0 Å². The molecule has 0 spiro atoms. The summed E-state index contributed by atoms with van der Waals surface area (Å²) in [5.41, 5.74) is 0.671. The monoisotopic (exact) mass is 374 g/mol. The molecule has 2 rings (SSSR count). The Labute approximate surface area is 135 Å². The third kappa shape index (κ3) is 4.28. The Morgan fingerprint density at radius 3 is 2.52 bits per heavy atom. The second kappa shape index (κ2) is 6.36. The Kier molecular flexibility index (Phi) is 5.13. The topological polar surface area (TPSA) is 58.2 Å². The van der Waals surface area contributed by atoms with Crippen LogP contribution in [0.15, 0.2) is 27.6 Å². The van der Waals surface area contributed by atoms with E-state index in [4.69, 9.17) is 0 Å². The van der Waals surface area contributed by atoms with Gasteiger partial charge in [0.2, 0.25) is 10.0 Å². The Morgan fingerprint density at radius 1 is 1.33 bits per heavy atom. The molecule has 2 N–H and O–H groups in total. The molecule has 0 radical (unpaired) electrons. The molecule has 0 saturated heterocycles. The molecular weight excluding hydrogens is 352 g/mol. The van der Waals surface area contributed by atoms with E-state index >= 15 is 0 Å². The molecule has 0 unspecified atom stereocenters. The maximum absolute atomic E-state index is 12.6. The summed E-state index contributed by atoms with van der Waals surface area (Å²) in [7, 11) is -3.51. The number of nitrogens with one attached hydrogen (secondary N) is 2. The van der Waals surface area contributed by atoms with Crippen LogP contribution in [0.4, 0.5) is 0 Å². The van der Waals surface area contributed by atoms with Gasteiger partial charge in [-0.05, 0) is 72.8 Å². The third-order valence-electron chi connectivity index (χ3n) is 3.86. The van der Waals surface area contributed by atoms with E-state index in [2.05, 4.69) is 26.0 Å². The fraction of sp³-hybridized carbons (Fsp3) is 0.600. The van der Waals surface area contributed by atoms with Gasteiger partial charge < -0.3 is 5.32 Å². The Hall–Kier alpha value is -0.430. The number of rotatable bonds is 7. The maximum atomic E-state index is 12.6. The van der Waals surface area contributed by atoms with Crippen LogP contribution in [-0.2, 0) is 16.6 Å². The molecule has 4 nitrogen and oxygen atoms in total. The fourth-order valence-electron chi connectivity index (χ4n) is 2.43. The molecule has 1 aromatic rings. The van der Waals surface area contributed by atoms with Crippen LogP contribution in [0.1, 0.15) is 39.2 Å². The summed E-state index contributed by atoms with van der Waals surface area (Å²) >= 11 is 3.39. The number of halogens is 1. The number of sulfonamides is 1. The third-order valence-corrected chi connectivity index (χ3v) is 6.51. The average molecular weight is 375 g/mol. The van der Waals surface area contributed by atoms with Crippen molar-refractivity contribution in [3.8, 4) is 0 Å². The van der Waals surface area contributed by atoms with Gasteiger partial charge in [-0.15, -0.1) is 0 Å². The zero-order chi connectivity index (χ0) is 15.7. The molecule has 1 aliphatic carbocycles. The van der Waals surface area contributed by atoms with Crippen LogP contribution in [0, 0.1) is 5.92 Å². The molecule has 1 aliphatic rings. The van der Waals surface area contributed by atoms with Gasteiger partial charge in [0.15, 0.2) is 0 Å². The molecule has 6 heteroatoms. The highest BCUT2D eigenvalue weighted by molar-refractivity contribution is 9.10. The molecule has 118 valence electrons. The van der Waals surface area contributed by atoms with Crippen LogP contribution in [0.2, 0.25) is 0 Å². The van der Waals surface area contributed by atoms with Crippen LogP contribution in [-0.4, -0.2) is 20.5 Å². The SMILES string of the molecule is CCNCc1ccc(S(=O)(=O)NC(C)(C)C2CC2)c(Br)c1. The highest BCUT2D eigenvalue weighted by atomic mass is 79.9. The van der Waals surface area contributed by atoms with E-state index in [-0.39, 0.29) is 5.54 Å². The summed E-state index contributed by atoms with van der Waals surface area (Å²) in [6.45, 7) is 7.56. The van der Waals surface area contributed by atoms with Gasteiger partial charge >= 0.3 is 0 Å². The zero-order valence-electron chi connectivity index (χ0n) is 12.7. The quantitative estimate of drug-likeness (QED) is 0.770. The van der Waals surface area contributed by atoms with Gasteiger partial charge in [0.05, 0.1) is 4.90 Å². The highest BCUT2D eigenvalue weighted by Crippen LogP contribution is 2.40. The van der Waals surface area contributed by atoms with Gasteiger partial charge in [-0.25, -0.2) is 13.1 Å². The summed E-state index contributed by atoms with van der Waals surface area (Å²) < 4.78 is 28.6. The van der Waals surface area contributed by atoms with Crippen molar-refractivity contribution in [2.24, 2.45) is 5.92 Å². The van der Waals surface area contributed by atoms with E-state index in [0.717, 1.165) is 31.5 Å². The first kappa shape index (κ1) is 16.9. The number of benzene rings is 1. The summed E-state index contributed by atoms with van der Waals surface area (Å²) in [6, 6.07) is 5.38. The van der Waals surface area contributed by atoms with Gasteiger partial charge in [-0.3, -0.25) is 0 Å². The second-order valence-corrected chi connectivity index (χ2v) is 8.65. The molecule has 0 heterocycles. The predicted molar refractivity (Wildman–Crippen MR) is 88.6 cm³/mol. The largest absolute Gasteiger partial charge is 0.313 e. The lowest BCUT2D eigenvalue weighted by Crippen LogP contribution is -2.45. The van der Waals surface area contributed by atoms with Gasteiger partial charge in [-0.2, -0.15) is 0 Å². The first-order valence-electron chi connectivity index (χ1n) is 7.29. The Balaban J connectivity index is 2.19. The molecule has 1 fully saturated rings. The van der Waals surface area contributed by atoms with E-state index in [1.165, 1.54) is 0 Å². The first-order chi connectivity index (χ1) is 9.76. The molecule has 1 aromatic carbocycles. The van der Waals surface area contributed by atoms with Gasteiger partial charge in [-0.1, -0.05) is 13.0 Å². The van der Waals surface area contributed by atoms with Crippen molar-refractivity contribution < 1.29 is 8.42 Å². The lowest BCUT2D eigenvalue weighted by Gasteiger charge is -2.26. The molecule has 1 saturated carbocycles. The summed E-state index contributed by atoms with van der Waals surface area (Å²) in [5.74, 6) is 0.444. The zero-order valence-corrected chi connectivity index (χ0v) is 15.1. The van der Waals surface area contributed by atoms with Crippen molar-refractivity contribution in [2.45, 2.75) is 50.6 Å². The predicted octanol–water partition coefficient (Wildman–Crippen LogP) is 3.03. The molecular formula is C15H23BrN2O2S. The molecule has 0 bridgehead atoms. The molecule has 0 amide bonds. The lowest BCUT2D eigenvalue weighted by molar-refractivity contribution is 0.400. The summed E-state index contributed by atoms with van der Waals surface area (Å²) in [5, 5.41) is 3.23. The average Bonchev–Trinajstić information content (AvgIpc) is 3.19. The van der Waals surface area contributed by atoms with E-state index < -0.39 is 10.0 Å². The van der Waals surface area contributed by atoms with Gasteiger partial charge in [0.1, 0.15) is 0 Å². The van der Waals surface area contributed by atoms with E-state index in [0.29, 0.717) is 15.3 Å². The molecule has 0 aromatic heterocycles. The Bertz CT molecular complexity index is 610. The standard InChI is InChI=1S/C15H23BrN2O2S/c1-4-17-10-11-5-8-14(13(16)9-11)21(19,20)18-15(2,3)12-6-7-12/h5,8-9,12,17-18H,4,6-7,10H2,1-3H3. The minimum atomic E-state index is -3.51. The number of hydrogen-bond donors (Lipinski definition) is 2. The van der Waals surface area contributed by atoms with E-state index in [1.807, 2.05) is 32.9 Å². The summed E-state index contributed by atoms with van der Waals surface area (Å²) in [4.78, 5) is 0.302. The van der Waals surface area contributed by atoms with E-state index in [1.54, 1.807) is 6.07 Å². The fourth-order valence-corrected chi connectivity index (χ4v) is 5.03. The molecule has 0 atom stereocenters. The highest BCUT2D eigenvalue weighted by Gasteiger charge is 2.40. The van der Waals surface area contributed by atoms with Gasteiger partial charge in [0, 0.05) is 16.6 Å². The van der Waals surface area contributed by atoms with E-state index in [9.17, 15) is 8.42 Å². The van der Waals surface area contributed by atoms with Crippen LogP contribution >= 0.6 is 15.9 Å². The van der Waals surface area contributed by atoms with Crippen molar-refractivity contribution in [3.05, 3.63) is 28.2 Å². The van der Waals surface area contributed by atoms with Crippen molar-refractivity contribution in [1.29, 1.82) is 0 Å². The minimum absolute atomic E-state index is 0.302. The maximum Gasteiger partial charge on any atom is 0.242 e. The normalized spacial score (nSPS) is 16.2. The van der Waals surface area contributed by atoms with Crippen molar-refractivity contribution in [1.82, 2.24) is 10.0 Å².